The third-order valence-electron chi connectivity index (χ3n) is 0.622. The predicted molar refractivity (Wildman–Crippen MR) is 31.4 cm³/mol. The molecular formula is C6H10O2. The monoisotopic (exact) mass is 114 g/mol. The molecule has 0 amide bonds. The van der Waals surface area contributed by atoms with E-state index in [0.717, 1.165) is 6.29 Å². The maximum Gasteiger partial charge on any atom is 0.148 e. The number of aldehydes is 1. The smallest absolute Gasteiger partial charge is 0.148 e. The van der Waals surface area contributed by atoms with Crippen molar-refractivity contribution >= 4 is 6.29 Å². The summed E-state index contributed by atoms with van der Waals surface area (Å²) in [7, 11) is 0. The molecule has 0 rings (SSSR count). The quantitative estimate of drug-likeness (QED) is 0.312. The standard InChI is InChI=1S/C6H10O2/c1-3-8-5-6(2)4-7/h4-5H,3H2,1-2H3/b6-5-. The Morgan fingerprint density at radius 2 is 2.38 bits per heavy atom. The van der Waals surface area contributed by atoms with E-state index in [4.69, 9.17) is 4.74 Å². The summed E-state index contributed by atoms with van der Waals surface area (Å²) in [5.74, 6) is 0. The first-order valence-electron chi connectivity index (χ1n) is 2.54. The number of ether oxygens (including phenoxy) is 1. The molecule has 0 saturated carbocycles. The van der Waals surface area contributed by atoms with Gasteiger partial charge < -0.3 is 4.74 Å². The molecule has 0 aliphatic heterocycles. The minimum absolute atomic E-state index is 0.616. The first-order valence-corrected chi connectivity index (χ1v) is 2.54. The summed E-state index contributed by atoms with van der Waals surface area (Å²) in [5.41, 5.74) is 0.617. The van der Waals surface area contributed by atoms with Gasteiger partial charge in [0.05, 0.1) is 12.9 Å². The Kier molecular flexibility index (Phi) is 3.94. The van der Waals surface area contributed by atoms with Crippen LogP contribution in [0.4, 0.5) is 0 Å². The lowest BCUT2D eigenvalue weighted by Gasteiger charge is -1.91. The topological polar surface area (TPSA) is 26.3 Å². The summed E-state index contributed by atoms with van der Waals surface area (Å²) in [6.07, 6.45) is 2.21. The van der Waals surface area contributed by atoms with Crippen LogP contribution in [0.15, 0.2) is 11.8 Å². The van der Waals surface area contributed by atoms with E-state index in [2.05, 4.69) is 0 Å². The van der Waals surface area contributed by atoms with Gasteiger partial charge in [-0.1, -0.05) is 0 Å². The zero-order valence-electron chi connectivity index (χ0n) is 5.18. The zero-order chi connectivity index (χ0) is 6.41. The van der Waals surface area contributed by atoms with Crippen molar-refractivity contribution in [2.45, 2.75) is 13.8 Å². The van der Waals surface area contributed by atoms with E-state index < -0.39 is 0 Å². The number of hydrogen-bond acceptors (Lipinski definition) is 2. The average Bonchev–Trinajstić information content (AvgIpc) is 1.83. The van der Waals surface area contributed by atoms with Gasteiger partial charge >= 0.3 is 0 Å². The second-order valence-corrected chi connectivity index (χ2v) is 1.44. The molecule has 0 unspecified atom stereocenters. The van der Waals surface area contributed by atoms with Crippen molar-refractivity contribution in [1.29, 1.82) is 0 Å². The van der Waals surface area contributed by atoms with E-state index in [9.17, 15) is 4.79 Å². The normalized spacial score (nSPS) is 11.0. The summed E-state index contributed by atoms with van der Waals surface area (Å²) in [6, 6.07) is 0. The van der Waals surface area contributed by atoms with E-state index in [-0.39, 0.29) is 0 Å². The molecule has 0 fully saturated rings. The Morgan fingerprint density at radius 1 is 1.75 bits per heavy atom. The molecule has 46 valence electrons. The van der Waals surface area contributed by atoms with Gasteiger partial charge in [0.1, 0.15) is 6.29 Å². The van der Waals surface area contributed by atoms with Crippen LogP contribution in [0.1, 0.15) is 13.8 Å². The van der Waals surface area contributed by atoms with Crippen molar-refractivity contribution in [3.05, 3.63) is 11.8 Å². The Morgan fingerprint density at radius 3 is 2.75 bits per heavy atom. The van der Waals surface area contributed by atoms with E-state index in [0.29, 0.717) is 12.2 Å². The Labute approximate surface area is 49.1 Å². The SMILES string of the molecule is CCO/C=C(/C)C=O. The van der Waals surface area contributed by atoms with Gasteiger partial charge in [-0.2, -0.15) is 0 Å². The molecule has 0 radical (unpaired) electrons. The first-order chi connectivity index (χ1) is 3.81. The Hall–Kier alpha value is -0.790. The molecule has 2 nitrogen and oxygen atoms in total. The van der Waals surface area contributed by atoms with Crippen molar-refractivity contribution in [3.63, 3.8) is 0 Å². The Bertz CT molecular complexity index is 94.7. The molecule has 0 heterocycles. The highest BCUT2D eigenvalue weighted by molar-refractivity contribution is 5.71. The fourth-order valence-corrected chi connectivity index (χ4v) is 0.243. The molecule has 8 heavy (non-hydrogen) atoms. The molecule has 0 saturated heterocycles. The highest BCUT2D eigenvalue weighted by Crippen LogP contribution is 1.85. The van der Waals surface area contributed by atoms with Crippen LogP contribution in [0, 0.1) is 0 Å². The van der Waals surface area contributed by atoms with Crippen molar-refractivity contribution in [2.24, 2.45) is 0 Å². The third kappa shape index (κ3) is 3.40. The first kappa shape index (κ1) is 7.21. The third-order valence-corrected chi connectivity index (χ3v) is 0.622. The molecule has 0 spiro atoms. The summed E-state index contributed by atoms with van der Waals surface area (Å²) >= 11 is 0. The van der Waals surface area contributed by atoms with Crippen molar-refractivity contribution in [2.75, 3.05) is 6.61 Å². The van der Waals surface area contributed by atoms with Crippen LogP contribution < -0.4 is 0 Å². The second-order valence-electron chi connectivity index (χ2n) is 1.44. The van der Waals surface area contributed by atoms with Gasteiger partial charge in [-0.25, -0.2) is 0 Å². The number of hydrogen-bond donors (Lipinski definition) is 0. The highest BCUT2D eigenvalue weighted by atomic mass is 16.5. The summed E-state index contributed by atoms with van der Waals surface area (Å²) in [4.78, 5) is 9.86. The maximum absolute atomic E-state index is 9.86. The molecule has 0 N–H and O–H groups in total. The molecular weight excluding hydrogens is 104 g/mol. The van der Waals surface area contributed by atoms with E-state index in [1.54, 1.807) is 6.92 Å². The molecule has 2 heteroatoms. The van der Waals surface area contributed by atoms with Crippen LogP contribution >= 0.6 is 0 Å². The van der Waals surface area contributed by atoms with E-state index in [1.807, 2.05) is 6.92 Å². The lowest BCUT2D eigenvalue weighted by atomic mass is 10.4. The molecule has 0 atom stereocenters. The van der Waals surface area contributed by atoms with E-state index >= 15 is 0 Å². The van der Waals surface area contributed by atoms with Crippen LogP contribution in [0.5, 0.6) is 0 Å². The number of rotatable bonds is 3. The van der Waals surface area contributed by atoms with Gasteiger partial charge in [0, 0.05) is 5.57 Å². The lowest BCUT2D eigenvalue weighted by Crippen LogP contribution is -1.81. The van der Waals surface area contributed by atoms with Gasteiger partial charge in [-0.05, 0) is 13.8 Å². The molecule has 0 aromatic carbocycles. The Balaban J connectivity index is 3.40. The molecule has 0 aliphatic rings. The molecule has 0 bridgehead atoms. The van der Waals surface area contributed by atoms with Gasteiger partial charge in [0.15, 0.2) is 0 Å². The summed E-state index contributed by atoms with van der Waals surface area (Å²) in [6.45, 7) is 4.18. The van der Waals surface area contributed by atoms with Gasteiger partial charge in [-0.3, -0.25) is 4.79 Å². The van der Waals surface area contributed by atoms with Crippen LogP contribution in [0.25, 0.3) is 0 Å². The summed E-state index contributed by atoms with van der Waals surface area (Å²) in [5, 5.41) is 0. The van der Waals surface area contributed by atoms with Crippen LogP contribution in [-0.2, 0) is 9.53 Å². The van der Waals surface area contributed by atoms with Crippen LogP contribution in [0.2, 0.25) is 0 Å². The second kappa shape index (κ2) is 4.37. The van der Waals surface area contributed by atoms with Crippen molar-refractivity contribution < 1.29 is 9.53 Å². The fourth-order valence-electron chi connectivity index (χ4n) is 0.243. The van der Waals surface area contributed by atoms with Crippen molar-refractivity contribution in [1.82, 2.24) is 0 Å². The zero-order valence-corrected chi connectivity index (χ0v) is 5.18. The van der Waals surface area contributed by atoms with E-state index in [1.165, 1.54) is 6.26 Å². The van der Waals surface area contributed by atoms with Crippen molar-refractivity contribution in [3.8, 4) is 0 Å². The average molecular weight is 114 g/mol. The number of allylic oxidation sites excluding steroid dienone is 1. The van der Waals surface area contributed by atoms with Crippen LogP contribution in [0.3, 0.4) is 0 Å². The molecule has 0 aromatic heterocycles. The molecule has 0 aliphatic carbocycles. The number of carbonyl (C=O) groups excluding carboxylic acids is 1. The minimum atomic E-state index is 0.616. The maximum atomic E-state index is 9.86. The van der Waals surface area contributed by atoms with Gasteiger partial charge in [0.2, 0.25) is 0 Å². The number of carbonyl (C=O) groups is 1. The highest BCUT2D eigenvalue weighted by Gasteiger charge is 1.79. The van der Waals surface area contributed by atoms with Gasteiger partial charge in [-0.15, -0.1) is 0 Å². The summed E-state index contributed by atoms with van der Waals surface area (Å²) < 4.78 is 4.79. The fraction of sp³-hybridized carbons (Fsp3) is 0.500. The predicted octanol–water partition coefficient (Wildman–Crippen LogP) is 1.13. The minimum Gasteiger partial charge on any atom is -0.501 e. The molecule has 0 aromatic rings. The largest absolute Gasteiger partial charge is 0.501 e. The van der Waals surface area contributed by atoms with Crippen LogP contribution in [-0.4, -0.2) is 12.9 Å². The van der Waals surface area contributed by atoms with Gasteiger partial charge in [0.25, 0.3) is 0 Å². The lowest BCUT2D eigenvalue weighted by molar-refractivity contribution is -0.105.